The summed E-state index contributed by atoms with van der Waals surface area (Å²) in [4.78, 5) is 11.7. The van der Waals surface area contributed by atoms with Crippen LogP contribution in [0, 0.1) is 0 Å². The van der Waals surface area contributed by atoms with Gasteiger partial charge in [0, 0.05) is 0 Å². The van der Waals surface area contributed by atoms with Crippen LogP contribution in [0.5, 0.6) is 0 Å². The van der Waals surface area contributed by atoms with E-state index in [0.717, 1.165) is 37.7 Å². The van der Waals surface area contributed by atoms with Crippen molar-refractivity contribution in [3.63, 3.8) is 0 Å². The summed E-state index contributed by atoms with van der Waals surface area (Å²) in [7, 11) is 0. The molecule has 0 spiro atoms. The molecule has 0 N–H and O–H groups in total. The molecular formula is C17H26O. The highest BCUT2D eigenvalue weighted by Crippen LogP contribution is 2.21. The summed E-state index contributed by atoms with van der Waals surface area (Å²) < 4.78 is 0. The third-order valence-electron chi connectivity index (χ3n) is 3.75. The highest BCUT2D eigenvalue weighted by molar-refractivity contribution is 5.93. The molecule has 0 heterocycles. The van der Waals surface area contributed by atoms with E-state index in [4.69, 9.17) is 0 Å². The highest BCUT2D eigenvalue weighted by atomic mass is 16.1. The Bertz CT molecular complexity index is 394. The van der Waals surface area contributed by atoms with Gasteiger partial charge < -0.3 is 0 Å². The summed E-state index contributed by atoms with van der Waals surface area (Å²) in [6.07, 6.45) is 11.0. The van der Waals surface area contributed by atoms with Gasteiger partial charge in [-0.15, -0.1) is 0 Å². The zero-order valence-electron chi connectivity index (χ0n) is 12.3. The minimum Gasteiger partial charge on any atom is -0.295 e. The number of ketones is 1. The number of carbonyl (C=O) groups excluding carboxylic acids is 1. The number of rotatable bonds is 1. The van der Waals surface area contributed by atoms with Gasteiger partial charge in [-0.05, 0) is 71.8 Å². The van der Waals surface area contributed by atoms with Gasteiger partial charge in [-0.1, -0.05) is 28.9 Å². The van der Waals surface area contributed by atoms with Crippen LogP contribution in [-0.2, 0) is 4.79 Å². The molecule has 0 radical (unpaired) electrons. The van der Waals surface area contributed by atoms with Crippen molar-refractivity contribution in [2.75, 3.05) is 0 Å². The fourth-order valence-corrected chi connectivity index (χ4v) is 2.45. The van der Waals surface area contributed by atoms with Crippen LogP contribution in [0.1, 0.15) is 66.2 Å². The van der Waals surface area contributed by atoms with Gasteiger partial charge in [0.15, 0.2) is 5.78 Å². The maximum Gasteiger partial charge on any atom is 0.155 e. The smallest absolute Gasteiger partial charge is 0.155 e. The molecule has 100 valence electrons. The third-order valence-corrected chi connectivity index (χ3v) is 3.75. The third kappa shape index (κ3) is 5.03. The Morgan fingerprint density at radius 3 is 2.06 bits per heavy atom. The molecule has 1 rings (SSSR count). The van der Waals surface area contributed by atoms with Gasteiger partial charge in [-0.25, -0.2) is 0 Å². The number of Topliss-reactive ketones (excluding diaryl/α,β-unsaturated/α-hetero) is 1. The quantitative estimate of drug-likeness (QED) is 0.585. The van der Waals surface area contributed by atoms with E-state index in [-0.39, 0.29) is 5.78 Å². The summed E-state index contributed by atoms with van der Waals surface area (Å²) in [5.74, 6) is 0.248. The van der Waals surface area contributed by atoms with Crippen LogP contribution >= 0.6 is 0 Å². The molecule has 1 aliphatic carbocycles. The Hall–Kier alpha value is -1.11. The maximum atomic E-state index is 11.7. The van der Waals surface area contributed by atoms with E-state index in [1.54, 1.807) is 6.92 Å². The summed E-state index contributed by atoms with van der Waals surface area (Å²) in [5.41, 5.74) is 5.21. The Morgan fingerprint density at radius 1 is 0.889 bits per heavy atom. The van der Waals surface area contributed by atoms with Gasteiger partial charge in [-0.3, -0.25) is 4.79 Å². The lowest BCUT2D eigenvalue weighted by Gasteiger charge is -2.11. The van der Waals surface area contributed by atoms with Crippen LogP contribution in [0.4, 0.5) is 0 Å². The minimum absolute atomic E-state index is 0.248. The van der Waals surface area contributed by atoms with Gasteiger partial charge >= 0.3 is 0 Å². The molecule has 0 aromatic carbocycles. The van der Waals surface area contributed by atoms with Gasteiger partial charge in [0.2, 0.25) is 0 Å². The van der Waals surface area contributed by atoms with Crippen molar-refractivity contribution in [3.05, 3.63) is 34.4 Å². The molecule has 1 heteroatoms. The number of hydrogen-bond donors (Lipinski definition) is 0. The molecule has 0 aromatic heterocycles. The lowest BCUT2D eigenvalue weighted by molar-refractivity contribution is -0.113. The molecule has 0 atom stereocenters. The van der Waals surface area contributed by atoms with Crippen LogP contribution in [0.3, 0.4) is 0 Å². The van der Waals surface area contributed by atoms with Gasteiger partial charge in [0.25, 0.3) is 0 Å². The first kappa shape index (κ1) is 14.9. The fourth-order valence-electron chi connectivity index (χ4n) is 2.45. The normalized spacial score (nSPS) is 29.3. The van der Waals surface area contributed by atoms with Gasteiger partial charge in [0.1, 0.15) is 0 Å². The van der Waals surface area contributed by atoms with Crippen molar-refractivity contribution in [2.45, 2.75) is 66.2 Å². The average Bonchev–Trinajstić information content (AvgIpc) is 2.27. The van der Waals surface area contributed by atoms with Crippen molar-refractivity contribution < 1.29 is 4.79 Å². The summed E-state index contributed by atoms with van der Waals surface area (Å²) >= 11 is 0. The second-order valence-electron chi connectivity index (χ2n) is 5.49. The van der Waals surface area contributed by atoms with Crippen molar-refractivity contribution in [1.29, 1.82) is 0 Å². The Labute approximate surface area is 112 Å². The topological polar surface area (TPSA) is 17.1 Å². The van der Waals surface area contributed by atoms with E-state index in [2.05, 4.69) is 32.9 Å². The lowest BCUT2D eigenvalue weighted by Crippen LogP contribution is -2.01. The Morgan fingerprint density at radius 2 is 1.44 bits per heavy atom. The molecular weight excluding hydrogens is 220 g/mol. The standard InChI is InChI=1S/C17H26O/c1-13-7-5-8-14(2)11-12-17(16(4)18)15(3)10-6-9-13/h8-9H,5-7,10-12H2,1-4H3/b13-9+,14-8+,17-15-. The number of allylic oxidation sites excluding steroid dienone is 6. The van der Waals surface area contributed by atoms with Gasteiger partial charge in [0.05, 0.1) is 0 Å². The van der Waals surface area contributed by atoms with Crippen LogP contribution in [0.2, 0.25) is 0 Å². The zero-order chi connectivity index (χ0) is 13.5. The monoisotopic (exact) mass is 246 g/mol. The molecule has 0 saturated heterocycles. The van der Waals surface area contributed by atoms with Crippen LogP contribution in [0.15, 0.2) is 34.4 Å². The van der Waals surface area contributed by atoms with E-state index in [1.165, 1.54) is 23.1 Å². The van der Waals surface area contributed by atoms with E-state index < -0.39 is 0 Å². The van der Waals surface area contributed by atoms with E-state index in [9.17, 15) is 4.79 Å². The van der Waals surface area contributed by atoms with E-state index in [1.807, 2.05) is 0 Å². The summed E-state index contributed by atoms with van der Waals surface area (Å²) in [6.45, 7) is 8.20. The van der Waals surface area contributed by atoms with Crippen molar-refractivity contribution in [2.24, 2.45) is 0 Å². The second kappa shape index (κ2) is 7.35. The molecule has 18 heavy (non-hydrogen) atoms. The van der Waals surface area contributed by atoms with Crippen molar-refractivity contribution in [1.82, 2.24) is 0 Å². The first-order valence-electron chi connectivity index (χ1n) is 7.01. The number of carbonyl (C=O) groups is 1. The molecule has 0 bridgehead atoms. The summed E-state index contributed by atoms with van der Waals surface area (Å²) in [6, 6.07) is 0. The van der Waals surface area contributed by atoms with Crippen molar-refractivity contribution in [3.8, 4) is 0 Å². The van der Waals surface area contributed by atoms with Crippen LogP contribution in [-0.4, -0.2) is 5.78 Å². The molecule has 0 aliphatic heterocycles. The molecule has 0 fully saturated rings. The van der Waals surface area contributed by atoms with Crippen LogP contribution in [0.25, 0.3) is 0 Å². The summed E-state index contributed by atoms with van der Waals surface area (Å²) in [5, 5.41) is 0. The van der Waals surface area contributed by atoms with Crippen molar-refractivity contribution >= 4 is 5.78 Å². The maximum absolute atomic E-state index is 11.7. The SMILES string of the molecule is CC(=O)/C1=C(/C)CC/C=C(\C)CC/C=C(\C)CC1. The molecule has 1 nitrogen and oxygen atoms in total. The number of hydrogen-bond acceptors (Lipinski definition) is 1. The highest BCUT2D eigenvalue weighted by Gasteiger charge is 2.09. The Kier molecular flexibility index (Phi) is 6.11. The van der Waals surface area contributed by atoms with E-state index >= 15 is 0 Å². The predicted molar refractivity (Wildman–Crippen MR) is 78.6 cm³/mol. The lowest BCUT2D eigenvalue weighted by atomic mass is 9.94. The minimum atomic E-state index is 0.248. The largest absolute Gasteiger partial charge is 0.295 e. The average molecular weight is 246 g/mol. The molecule has 0 saturated carbocycles. The Balaban J connectivity index is 2.91. The zero-order valence-corrected chi connectivity index (χ0v) is 12.3. The predicted octanol–water partition coefficient (Wildman–Crippen LogP) is 5.14. The molecule has 1 aliphatic rings. The molecule has 0 aromatic rings. The van der Waals surface area contributed by atoms with Gasteiger partial charge in [-0.2, -0.15) is 0 Å². The van der Waals surface area contributed by atoms with E-state index in [0.29, 0.717) is 0 Å². The fraction of sp³-hybridized carbons (Fsp3) is 0.588. The first-order valence-corrected chi connectivity index (χ1v) is 7.01. The first-order chi connectivity index (χ1) is 8.50. The molecule has 0 unspecified atom stereocenters. The second-order valence-corrected chi connectivity index (χ2v) is 5.49. The van der Waals surface area contributed by atoms with Crippen LogP contribution < -0.4 is 0 Å². The molecule has 0 amide bonds.